The van der Waals surface area contributed by atoms with Gasteiger partial charge in [0, 0.05) is 25.9 Å². The second-order valence-corrected chi connectivity index (χ2v) is 4.54. The molecule has 0 radical (unpaired) electrons. The zero-order valence-corrected chi connectivity index (χ0v) is 10.6. The van der Waals surface area contributed by atoms with Gasteiger partial charge in [0.2, 0.25) is 0 Å². The first-order valence-corrected chi connectivity index (χ1v) is 6.30. The van der Waals surface area contributed by atoms with Crippen LogP contribution < -0.4 is 10.6 Å². The molecule has 1 aromatic rings. The number of pyridine rings is 1. The third-order valence-corrected chi connectivity index (χ3v) is 3.32. The number of anilines is 2. The molecule has 1 aliphatic heterocycles. The predicted molar refractivity (Wildman–Crippen MR) is 70.2 cm³/mol. The molecule has 2 rings (SSSR count). The van der Waals surface area contributed by atoms with E-state index in [1.807, 2.05) is 19.2 Å². The van der Waals surface area contributed by atoms with Gasteiger partial charge < -0.3 is 15.4 Å². The summed E-state index contributed by atoms with van der Waals surface area (Å²) in [5, 5.41) is 0. The summed E-state index contributed by atoms with van der Waals surface area (Å²) in [5.74, 6) is 0.892. The van der Waals surface area contributed by atoms with Crippen molar-refractivity contribution in [2.24, 2.45) is 0 Å². The summed E-state index contributed by atoms with van der Waals surface area (Å²) in [7, 11) is 0. The Balaban J connectivity index is 2.13. The number of hydrogen-bond donors (Lipinski definition) is 1. The van der Waals surface area contributed by atoms with E-state index in [1.165, 1.54) is 6.42 Å². The topological polar surface area (TPSA) is 51.4 Å². The maximum atomic E-state index is 6.09. The van der Waals surface area contributed by atoms with Crippen LogP contribution in [0, 0.1) is 6.92 Å². The number of likely N-dealkylation sites (N-methyl/N-ethyl adjacent to an activating group) is 1. The molecule has 4 heteroatoms. The molecule has 1 aliphatic rings. The first kappa shape index (κ1) is 12.2. The van der Waals surface area contributed by atoms with Gasteiger partial charge in [0.05, 0.1) is 11.8 Å². The normalized spacial score (nSPS) is 19.5. The van der Waals surface area contributed by atoms with E-state index in [-0.39, 0.29) is 0 Å². The lowest BCUT2D eigenvalue weighted by atomic mass is 10.2. The molecule has 0 aromatic carbocycles. The molecule has 4 nitrogen and oxygen atoms in total. The molecule has 0 spiro atoms. The highest BCUT2D eigenvalue weighted by molar-refractivity contribution is 5.66. The Morgan fingerprint density at radius 2 is 2.41 bits per heavy atom. The Morgan fingerprint density at radius 1 is 1.59 bits per heavy atom. The van der Waals surface area contributed by atoms with Crippen LogP contribution in [0.5, 0.6) is 0 Å². The highest BCUT2D eigenvalue weighted by atomic mass is 16.5. The van der Waals surface area contributed by atoms with Gasteiger partial charge in [-0.2, -0.15) is 0 Å². The molecule has 1 atom stereocenters. The van der Waals surface area contributed by atoms with Gasteiger partial charge in [-0.05, 0) is 38.3 Å². The van der Waals surface area contributed by atoms with Gasteiger partial charge in [0.1, 0.15) is 0 Å². The zero-order chi connectivity index (χ0) is 12.3. The lowest BCUT2D eigenvalue weighted by Gasteiger charge is -2.26. The van der Waals surface area contributed by atoms with E-state index in [4.69, 9.17) is 10.5 Å². The predicted octanol–water partition coefficient (Wildman–Crippen LogP) is 1.98. The van der Waals surface area contributed by atoms with Gasteiger partial charge in [0.25, 0.3) is 0 Å². The van der Waals surface area contributed by atoms with Crippen LogP contribution in [0.1, 0.15) is 25.3 Å². The van der Waals surface area contributed by atoms with Crippen molar-refractivity contribution in [1.82, 2.24) is 4.98 Å². The van der Waals surface area contributed by atoms with Crippen molar-refractivity contribution in [3.63, 3.8) is 0 Å². The van der Waals surface area contributed by atoms with Gasteiger partial charge in [0.15, 0.2) is 5.82 Å². The molecule has 1 aromatic heterocycles. The molecule has 0 aliphatic carbocycles. The van der Waals surface area contributed by atoms with Crippen LogP contribution in [-0.4, -0.2) is 30.8 Å². The Bertz CT molecular complexity index is 375. The standard InChI is InChI=1S/C13H21N3O/c1-3-16(9-11-5-4-8-17-11)13-12(14)10(2)6-7-15-13/h6-7,11H,3-5,8-9,14H2,1-2H3. The van der Waals surface area contributed by atoms with E-state index in [0.717, 1.165) is 43.2 Å². The number of nitrogens with two attached hydrogens (primary N) is 1. The van der Waals surface area contributed by atoms with Gasteiger partial charge in [-0.3, -0.25) is 0 Å². The lowest BCUT2D eigenvalue weighted by molar-refractivity contribution is 0.115. The van der Waals surface area contributed by atoms with E-state index in [9.17, 15) is 0 Å². The third kappa shape index (κ3) is 2.69. The number of rotatable bonds is 4. The lowest BCUT2D eigenvalue weighted by Crippen LogP contribution is -2.33. The van der Waals surface area contributed by atoms with E-state index in [2.05, 4.69) is 16.8 Å². The summed E-state index contributed by atoms with van der Waals surface area (Å²) in [6.07, 6.45) is 4.46. The van der Waals surface area contributed by atoms with Gasteiger partial charge >= 0.3 is 0 Å². The Kier molecular flexibility index (Phi) is 3.84. The number of aromatic nitrogens is 1. The number of nitrogens with zero attached hydrogens (tertiary/aromatic N) is 2. The highest BCUT2D eigenvalue weighted by Crippen LogP contribution is 2.24. The molecule has 1 saturated heterocycles. The average molecular weight is 235 g/mol. The van der Waals surface area contributed by atoms with Crippen molar-refractivity contribution < 1.29 is 4.74 Å². The van der Waals surface area contributed by atoms with Crippen molar-refractivity contribution in [3.05, 3.63) is 17.8 Å². The van der Waals surface area contributed by atoms with E-state index in [0.29, 0.717) is 6.10 Å². The first-order valence-electron chi connectivity index (χ1n) is 6.30. The fourth-order valence-corrected chi connectivity index (χ4v) is 2.21. The second kappa shape index (κ2) is 5.36. The van der Waals surface area contributed by atoms with Crippen molar-refractivity contribution in [2.45, 2.75) is 32.8 Å². The minimum Gasteiger partial charge on any atom is -0.396 e. The fraction of sp³-hybridized carbons (Fsp3) is 0.615. The summed E-state index contributed by atoms with van der Waals surface area (Å²) in [6, 6.07) is 1.94. The van der Waals surface area contributed by atoms with Crippen LogP contribution in [-0.2, 0) is 4.74 Å². The molecular formula is C13H21N3O. The minimum absolute atomic E-state index is 0.330. The zero-order valence-electron chi connectivity index (χ0n) is 10.6. The molecular weight excluding hydrogens is 214 g/mol. The van der Waals surface area contributed by atoms with Crippen molar-refractivity contribution in [1.29, 1.82) is 0 Å². The maximum absolute atomic E-state index is 6.09. The summed E-state index contributed by atoms with van der Waals surface area (Å²) in [6.45, 7) is 6.81. The van der Waals surface area contributed by atoms with Crippen LogP contribution >= 0.6 is 0 Å². The summed E-state index contributed by atoms with van der Waals surface area (Å²) in [5.41, 5.74) is 7.96. The molecule has 17 heavy (non-hydrogen) atoms. The molecule has 2 N–H and O–H groups in total. The fourth-order valence-electron chi connectivity index (χ4n) is 2.21. The summed E-state index contributed by atoms with van der Waals surface area (Å²) < 4.78 is 5.67. The quantitative estimate of drug-likeness (QED) is 0.867. The SMILES string of the molecule is CCN(CC1CCCO1)c1nccc(C)c1N. The summed E-state index contributed by atoms with van der Waals surface area (Å²) in [4.78, 5) is 6.60. The highest BCUT2D eigenvalue weighted by Gasteiger charge is 2.20. The third-order valence-electron chi connectivity index (χ3n) is 3.32. The van der Waals surface area contributed by atoms with Gasteiger partial charge in [-0.1, -0.05) is 0 Å². The van der Waals surface area contributed by atoms with E-state index >= 15 is 0 Å². The number of hydrogen-bond acceptors (Lipinski definition) is 4. The molecule has 1 unspecified atom stereocenters. The van der Waals surface area contributed by atoms with Gasteiger partial charge in [-0.15, -0.1) is 0 Å². The molecule has 94 valence electrons. The molecule has 2 heterocycles. The first-order chi connectivity index (χ1) is 8.22. The Hall–Kier alpha value is -1.29. The maximum Gasteiger partial charge on any atom is 0.152 e. The second-order valence-electron chi connectivity index (χ2n) is 4.54. The van der Waals surface area contributed by atoms with Crippen LogP contribution in [0.15, 0.2) is 12.3 Å². The Morgan fingerprint density at radius 3 is 3.06 bits per heavy atom. The molecule has 1 fully saturated rings. The van der Waals surface area contributed by atoms with Crippen LogP contribution in [0.2, 0.25) is 0 Å². The van der Waals surface area contributed by atoms with Gasteiger partial charge in [-0.25, -0.2) is 4.98 Å². The van der Waals surface area contributed by atoms with Crippen LogP contribution in [0.4, 0.5) is 11.5 Å². The van der Waals surface area contributed by atoms with E-state index in [1.54, 1.807) is 0 Å². The average Bonchev–Trinajstić information content (AvgIpc) is 2.83. The number of aryl methyl sites for hydroxylation is 1. The molecule has 0 bridgehead atoms. The van der Waals surface area contributed by atoms with Crippen LogP contribution in [0.25, 0.3) is 0 Å². The number of nitrogen functional groups attached to an aromatic ring is 1. The van der Waals surface area contributed by atoms with Crippen LogP contribution in [0.3, 0.4) is 0 Å². The minimum atomic E-state index is 0.330. The number of ether oxygens (including phenoxy) is 1. The smallest absolute Gasteiger partial charge is 0.152 e. The van der Waals surface area contributed by atoms with Crippen molar-refractivity contribution in [3.8, 4) is 0 Å². The Labute approximate surface area is 103 Å². The monoisotopic (exact) mass is 235 g/mol. The molecule has 0 saturated carbocycles. The largest absolute Gasteiger partial charge is 0.396 e. The van der Waals surface area contributed by atoms with E-state index < -0.39 is 0 Å². The molecule has 0 amide bonds. The summed E-state index contributed by atoms with van der Waals surface area (Å²) >= 11 is 0. The van der Waals surface area contributed by atoms with Crippen molar-refractivity contribution >= 4 is 11.5 Å². The van der Waals surface area contributed by atoms with Crippen molar-refractivity contribution in [2.75, 3.05) is 30.3 Å².